The average Bonchev–Trinajstić information content (AvgIpc) is 2.49. The molecule has 2 heteroatoms. The summed E-state index contributed by atoms with van der Waals surface area (Å²) in [5.74, 6) is 1.68. The third-order valence-electron chi connectivity index (χ3n) is 5.19. The summed E-state index contributed by atoms with van der Waals surface area (Å²) >= 11 is 0. The Morgan fingerprint density at radius 3 is 2.86 bits per heavy atom. The zero-order valence-corrected chi connectivity index (χ0v) is 13.4. The SMILES string of the molecule is CC(C)C1CCN(C)[C@@H](Cc2ccnc3ccccc23)C1. The first kappa shape index (κ1) is 14.5. The van der Waals surface area contributed by atoms with Crippen molar-refractivity contribution in [1.29, 1.82) is 0 Å². The van der Waals surface area contributed by atoms with Crippen molar-refractivity contribution in [3.8, 4) is 0 Å². The van der Waals surface area contributed by atoms with E-state index in [9.17, 15) is 0 Å². The van der Waals surface area contributed by atoms with Gasteiger partial charge in [-0.05, 0) is 62.4 Å². The standard InChI is InChI=1S/C19H26N2/c1-14(2)15-9-11-21(3)17(12-15)13-16-8-10-20-19-7-5-4-6-18(16)19/h4-8,10,14-15,17H,9,11-13H2,1-3H3/t15?,17-/m1/s1. The minimum absolute atomic E-state index is 0.664. The number of hydrogen-bond acceptors (Lipinski definition) is 2. The number of benzene rings is 1. The lowest BCUT2D eigenvalue weighted by Gasteiger charge is -2.39. The minimum atomic E-state index is 0.664. The topological polar surface area (TPSA) is 16.1 Å². The maximum atomic E-state index is 4.48. The van der Waals surface area contributed by atoms with Gasteiger partial charge in [-0.1, -0.05) is 32.0 Å². The largest absolute Gasteiger partial charge is 0.303 e. The maximum absolute atomic E-state index is 4.48. The van der Waals surface area contributed by atoms with Gasteiger partial charge in [0.2, 0.25) is 0 Å². The third-order valence-corrected chi connectivity index (χ3v) is 5.19. The molecule has 1 fully saturated rings. The molecule has 0 radical (unpaired) electrons. The molecule has 2 nitrogen and oxygen atoms in total. The smallest absolute Gasteiger partial charge is 0.0704 e. The van der Waals surface area contributed by atoms with Gasteiger partial charge in [0.1, 0.15) is 0 Å². The highest BCUT2D eigenvalue weighted by molar-refractivity contribution is 5.81. The van der Waals surface area contributed by atoms with Gasteiger partial charge in [-0.25, -0.2) is 0 Å². The summed E-state index contributed by atoms with van der Waals surface area (Å²) in [5, 5.41) is 1.32. The van der Waals surface area contributed by atoms with Crippen LogP contribution in [-0.4, -0.2) is 29.5 Å². The van der Waals surface area contributed by atoms with Crippen LogP contribution in [0.1, 0.15) is 32.3 Å². The molecular formula is C19H26N2. The molecule has 0 amide bonds. The van der Waals surface area contributed by atoms with Gasteiger partial charge >= 0.3 is 0 Å². The number of para-hydroxylation sites is 1. The van der Waals surface area contributed by atoms with E-state index in [4.69, 9.17) is 0 Å². The average molecular weight is 282 g/mol. The molecule has 2 heterocycles. The number of piperidine rings is 1. The van der Waals surface area contributed by atoms with Gasteiger partial charge in [-0.15, -0.1) is 0 Å². The normalized spacial score (nSPS) is 23.8. The fourth-order valence-electron chi connectivity index (χ4n) is 3.63. The van der Waals surface area contributed by atoms with Gasteiger partial charge in [0, 0.05) is 17.6 Å². The number of likely N-dealkylation sites (N-methyl/N-ethyl adjacent to an activating group) is 1. The molecule has 0 spiro atoms. The van der Waals surface area contributed by atoms with Crippen LogP contribution in [0.2, 0.25) is 0 Å². The van der Waals surface area contributed by atoms with E-state index in [0.29, 0.717) is 6.04 Å². The molecular weight excluding hydrogens is 256 g/mol. The molecule has 21 heavy (non-hydrogen) atoms. The van der Waals surface area contributed by atoms with E-state index in [-0.39, 0.29) is 0 Å². The molecule has 1 aromatic carbocycles. The molecule has 2 aromatic rings. The van der Waals surface area contributed by atoms with Crippen LogP contribution in [0.3, 0.4) is 0 Å². The molecule has 1 aliphatic heterocycles. The fourth-order valence-corrected chi connectivity index (χ4v) is 3.63. The Balaban J connectivity index is 1.83. The Morgan fingerprint density at radius 1 is 1.24 bits per heavy atom. The van der Waals surface area contributed by atoms with Crippen molar-refractivity contribution in [3.05, 3.63) is 42.1 Å². The third kappa shape index (κ3) is 3.11. The summed E-state index contributed by atoms with van der Waals surface area (Å²) in [5.41, 5.74) is 2.57. The lowest BCUT2D eigenvalue weighted by molar-refractivity contribution is 0.118. The molecule has 1 aliphatic rings. The number of hydrogen-bond donors (Lipinski definition) is 0. The van der Waals surface area contributed by atoms with Crippen LogP contribution in [-0.2, 0) is 6.42 Å². The van der Waals surface area contributed by atoms with Crippen LogP contribution < -0.4 is 0 Å². The number of rotatable bonds is 3. The lowest BCUT2D eigenvalue weighted by atomic mass is 9.81. The zero-order valence-electron chi connectivity index (χ0n) is 13.4. The van der Waals surface area contributed by atoms with Crippen LogP contribution in [0.5, 0.6) is 0 Å². The molecule has 1 aromatic heterocycles. The highest BCUT2D eigenvalue weighted by atomic mass is 15.1. The molecule has 0 aliphatic carbocycles. The van der Waals surface area contributed by atoms with Crippen molar-refractivity contribution in [2.45, 2.75) is 39.2 Å². The van der Waals surface area contributed by atoms with Crippen LogP contribution in [0.4, 0.5) is 0 Å². The molecule has 1 saturated heterocycles. The van der Waals surface area contributed by atoms with Gasteiger partial charge in [-0.2, -0.15) is 0 Å². The zero-order chi connectivity index (χ0) is 14.8. The molecule has 2 atom stereocenters. The molecule has 0 bridgehead atoms. The van der Waals surface area contributed by atoms with E-state index in [1.54, 1.807) is 0 Å². The number of aromatic nitrogens is 1. The Hall–Kier alpha value is -1.41. The number of fused-ring (bicyclic) bond motifs is 1. The predicted molar refractivity (Wildman–Crippen MR) is 89.4 cm³/mol. The van der Waals surface area contributed by atoms with Crippen molar-refractivity contribution in [1.82, 2.24) is 9.88 Å². The molecule has 112 valence electrons. The van der Waals surface area contributed by atoms with Crippen molar-refractivity contribution < 1.29 is 0 Å². The molecule has 1 unspecified atom stereocenters. The van der Waals surface area contributed by atoms with Crippen LogP contribution in [0, 0.1) is 11.8 Å². The van der Waals surface area contributed by atoms with Gasteiger partial charge in [0.15, 0.2) is 0 Å². The Morgan fingerprint density at radius 2 is 2.05 bits per heavy atom. The van der Waals surface area contributed by atoms with Crippen molar-refractivity contribution in [2.24, 2.45) is 11.8 Å². The molecule has 3 rings (SSSR count). The summed E-state index contributed by atoms with van der Waals surface area (Å²) in [7, 11) is 2.28. The van der Waals surface area contributed by atoms with Crippen molar-refractivity contribution >= 4 is 10.9 Å². The molecule has 0 saturated carbocycles. The van der Waals surface area contributed by atoms with E-state index in [1.165, 1.54) is 30.3 Å². The second-order valence-corrected chi connectivity index (χ2v) is 6.85. The van der Waals surface area contributed by atoms with E-state index in [1.807, 2.05) is 6.20 Å². The van der Waals surface area contributed by atoms with E-state index in [0.717, 1.165) is 23.8 Å². The second kappa shape index (κ2) is 6.15. The summed E-state index contributed by atoms with van der Waals surface area (Å²) in [6.45, 7) is 5.97. The highest BCUT2D eigenvalue weighted by Crippen LogP contribution is 2.30. The quantitative estimate of drug-likeness (QED) is 0.841. The van der Waals surface area contributed by atoms with Gasteiger partial charge in [0.25, 0.3) is 0 Å². The summed E-state index contributed by atoms with van der Waals surface area (Å²) in [6, 6.07) is 11.4. The number of nitrogens with zero attached hydrogens (tertiary/aromatic N) is 2. The fraction of sp³-hybridized carbons (Fsp3) is 0.526. The van der Waals surface area contributed by atoms with Crippen LogP contribution >= 0.6 is 0 Å². The first-order valence-electron chi connectivity index (χ1n) is 8.18. The number of likely N-dealkylation sites (tertiary alicyclic amines) is 1. The van der Waals surface area contributed by atoms with Crippen LogP contribution in [0.15, 0.2) is 36.5 Å². The van der Waals surface area contributed by atoms with E-state index >= 15 is 0 Å². The van der Waals surface area contributed by atoms with Crippen LogP contribution in [0.25, 0.3) is 10.9 Å². The van der Waals surface area contributed by atoms with Gasteiger partial charge in [0.05, 0.1) is 5.52 Å². The number of pyridine rings is 1. The monoisotopic (exact) mass is 282 g/mol. The van der Waals surface area contributed by atoms with Crippen molar-refractivity contribution in [3.63, 3.8) is 0 Å². The summed E-state index contributed by atoms with van der Waals surface area (Å²) < 4.78 is 0. The Bertz CT molecular complexity index is 600. The minimum Gasteiger partial charge on any atom is -0.303 e. The first-order chi connectivity index (χ1) is 10.1. The maximum Gasteiger partial charge on any atom is 0.0704 e. The van der Waals surface area contributed by atoms with E-state index < -0.39 is 0 Å². The van der Waals surface area contributed by atoms with Gasteiger partial charge < -0.3 is 4.90 Å². The molecule has 0 N–H and O–H groups in total. The predicted octanol–water partition coefficient (Wildman–Crippen LogP) is 4.14. The Labute approximate surface area is 128 Å². The van der Waals surface area contributed by atoms with E-state index in [2.05, 4.69) is 61.1 Å². The second-order valence-electron chi connectivity index (χ2n) is 6.85. The highest BCUT2D eigenvalue weighted by Gasteiger charge is 2.28. The van der Waals surface area contributed by atoms with Gasteiger partial charge in [-0.3, -0.25) is 4.98 Å². The van der Waals surface area contributed by atoms with Crippen molar-refractivity contribution in [2.75, 3.05) is 13.6 Å². The first-order valence-corrected chi connectivity index (χ1v) is 8.18. The summed E-state index contributed by atoms with van der Waals surface area (Å²) in [6.07, 6.45) is 5.77. The lowest BCUT2D eigenvalue weighted by Crippen LogP contribution is -2.42. The Kier molecular flexibility index (Phi) is 4.25. The summed E-state index contributed by atoms with van der Waals surface area (Å²) in [4.78, 5) is 7.03.